The van der Waals surface area contributed by atoms with Crippen LogP contribution in [0, 0.1) is 5.41 Å². The number of carbonyl (C=O) groups is 2. The van der Waals surface area contributed by atoms with Crippen molar-refractivity contribution in [2.24, 2.45) is 5.41 Å². The number of hydrogen-bond acceptors (Lipinski definition) is 4. The zero-order valence-electron chi connectivity index (χ0n) is 14.4. The van der Waals surface area contributed by atoms with Crippen molar-refractivity contribution in [1.82, 2.24) is 20.4 Å². The monoisotopic (exact) mass is 350 g/mol. The van der Waals surface area contributed by atoms with Gasteiger partial charge in [0.15, 0.2) is 0 Å². The minimum absolute atomic E-state index is 0.0262. The van der Waals surface area contributed by atoms with Gasteiger partial charge in [0, 0.05) is 62.0 Å². The van der Waals surface area contributed by atoms with E-state index in [0.29, 0.717) is 26.1 Å². The van der Waals surface area contributed by atoms with E-state index in [1.54, 1.807) is 11.3 Å². The van der Waals surface area contributed by atoms with Gasteiger partial charge in [-0.3, -0.25) is 9.69 Å². The van der Waals surface area contributed by atoms with Crippen molar-refractivity contribution in [1.29, 1.82) is 0 Å². The third kappa shape index (κ3) is 4.08. The highest BCUT2D eigenvalue weighted by molar-refractivity contribution is 7.09. The second-order valence-corrected chi connectivity index (χ2v) is 8.30. The average molecular weight is 350 g/mol. The van der Waals surface area contributed by atoms with Crippen LogP contribution in [0.4, 0.5) is 4.79 Å². The molecule has 0 aliphatic carbocycles. The highest BCUT2D eigenvalue weighted by atomic mass is 32.1. The van der Waals surface area contributed by atoms with Gasteiger partial charge in [0.2, 0.25) is 5.91 Å². The molecule has 0 saturated carbocycles. The first kappa shape index (κ1) is 17.2. The summed E-state index contributed by atoms with van der Waals surface area (Å²) in [5.74, 6) is 0.0946. The smallest absolute Gasteiger partial charge is 0.317 e. The van der Waals surface area contributed by atoms with E-state index in [9.17, 15) is 9.59 Å². The van der Waals surface area contributed by atoms with Crippen molar-refractivity contribution in [3.8, 4) is 0 Å². The van der Waals surface area contributed by atoms with Crippen molar-refractivity contribution in [2.75, 3.05) is 32.7 Å². The second kappa shape index (κ2) is 7.11. The summed E-state index contributed by atoms with van der Waals surface area (Å²) in [6, 6.07) is 4.30. The summed E-state index contributed by atoms with van der Waals surface area (Å²) in [5.41, 5.74) is -0.181. The van der Waals surface area contributed by atoms with Gasteiger partial charge in [0.05, 0.1) is 0 Å². The molecule has 7 heteroatoms. The average Bonchev–Trinajstić information content (AvgIpc) is 3.08. The molecule has 0 aromatic carbocycles. The summed E-state index contributed by atoms with van der Waals surface area (Å²) in [6.07, 6.45) is 0.499. The van der Waals surface area contributed by atoms with Gasteiger partial charge in [-0.05, 0) is 25.3 Å². The molecule has 132 valence electrons. The zero-order valence-corrected chi connectivity index (χ0v) is 15.2. The Hall–Kier alpha value is -1.60. The number of carbonyl (C=O) groups excluding carboxylic acids is 2. The summed E-state index contributed by atoms with van der Waals surface area (Å²) >= 11 is 1.75. The van der Waals surface area contributed by atoms with Crippen LogP contribution in [0.5, 0.6) is 0 Å². The van der Waals surface area contributed by atoms with Crippen LogP contribution in [-0.2, 0) is 11.3 Å². The number of rotatable bonds is 3. The molecule has 2 saturated heterocycles. The fourth-order valence-electron chi connectivity index (χ4n) is 3.59. The van der Waals surface area contributed by atoms with E-state index in [0.717, 1.165) is 19.6 Å². The maximum Gasteiger partial charge on any atom is 0.317 e. The van der Waals surface area contributed by atoms with Gasteiger partial charge < -0.3 is 15.5 Å². The van der Waals surface area contributed by atoms with Gasteiger partial charge in [0.1, 0.15) is 0 Å². The number of hydrogen-bond donors (Lipinski definition) is 2. The second-order valence-electron chi connectivity index (χ2n) is 7.27. The molecule has 3 amide bonds. The molecule has 2 aliphatic rings. The van der Waals surface area contributed by atoms with Crippen LogP contribution in [0.1, 0.15) is 25.1 Å². The molecule has 0 bridgehead atoms. The predicted octanol–water partition coefficient (Wildman–Crippen LogP) is 1.49. The van der Waals surface area contributed by atoms with Crippen LogP contribution in [0.15, 0.2) is 17.5 Å². The fraction of sp³-hybridized carbons (Fsp3) is 0.647. The van der Waals surface area contributed by atoms with Crippen molar-refractivity contribution < 1.29 is 9.59 Å². The quantitative estimate of drug-likeness (QED) is 0.868. The predicted molar refractivity (Wildman–Crippen MR) is 94.9 cm³/mol. The standard InChI is InChI=1S/C17H26N4O2S/c1-13(2)19-16(23)21-6-5-20(9-14-4-3-7-24-14)11-17(12-21)8-15(22)18-10-17/h3-4,7,13H,5-6,8-12H2,1-2H3,(H,18,22)(H,19,23)/t17-/m1/s1. The minimum atomic E-state index is -0.181. The number of urea groups is 1. The molecule has 3 heterocycles. The van der Waals surface area contributed by atoms with Crippen molar-refractivity contribution in [3.63, 3.8) is 0 Å². The highest BCUT2D eigenvalue weighted by Gasteiger charge is 2.43. The van der Waals surface area contributed by atoms with Crippen molar-refractivity contribution in [3.05, 3.63) is 22.4 Å². The van der Waals surface area contributed by atoms with Crippen LogP contribution in [0.3, 0.4) is 0 Å². The fourth-order valence-corrected chi connectivity index (χ4v) is 4.34. The third-order valence-electron chi connectivity index (χ3n) is 4.63. The Labute approximate surface area is 147 Å². The SMILES string of the molecule is CC(C)NC(=O)N1CCN(Cc2cccs2)C[C@@]2(CNC(=O)C2)C1. The molecule has 1 atom stereocenters. The van der Waals surface area contributed by atoms with E-state index < -0.39 is 0 Å². The van der Waals surface area contributed by atoms with Gasteiger partial charge in [-0.25, -0.2) is 4.79 Å². The van der Waals surface area contributed by atoms with Gasteiger partial charge in [-0.2, -0.15) is 0 Å². The van der Waals surface area contributed by atoms with E-state index in [2.05, 4.69) is 33.0 Å². The number of amides is 3. The van der Waals surface area contributed by atoms with Gasteiger partial charge in [-0.1, -0.05) is 6.07 Å². The lowest BCUT2D eigenvalue weighted by Gasteiger charge is -2.33. The van der Waals surface area contributed by atoms with E-state index >= 15 is 0 Å². The summed E-state index contributed by atoms with van der Waals surface area (Å²) < 4.78 is 0. The van der Waals surface area contributed by atoms with Crippen molar-refractivity contribution in [2.45, 2.75) is 32.9 Å². The Balaban J connectivity index is 1.75. The highest BCUT2D eigenvalue weighted by Crippen LogP contribution is 2.31. The Morgan fingerprint density at radius 3 is 2.88 bits per heavy atom. The molecule has 0 radical (unpaired) electrons. The summed E-state index contributed by atoms with van der Waals surface area (Å²) in [5, 5.41) is 8.04. The zero-order chi connectivity index (χ0) is 17.2. The molecule has 6 nitrogen and oxygen atoms in total. The molecule has 3 rings (SSSR count). The Morgan fingerprint density at radius 2 is 2.25 bits per heavy atom. The number of nitrogens with zero attached hydrogens (tertiary/aromatic N) is 2. The largest absolute Gasteiger partial charge is 0.355 e. The van der Waals surface area contributed by atoms with Gasteiger partial charge in [0.25, 0.3) is 0 Å². The number of thiophene rings is 1. The van der Waals surface area contributed by atoms with E-state index in [1.807, 2.05) is 18.7 Å². The first-order valence-electron chi connectivity index (χ1n) is 8.53. The van der Waals surface area contributed by atoms with E-state index in [-0.39, 0.29) is 23.4 Å². The lowest BCUT2D eigenvalue weighted by Crippen LogP contribution is -2.48. The molecular weight excluding hydrogens is 324 g/mol. The molecule has 1 aromatic heterocycles. The molecule has 0 unspecified atom stereocenters. The Morgan fingerprint density at radius 1 is 1.42 bits per heavy atom. The topological polar surface area (TPSA) is 64.7 Å². The normalized spacial score (nSPS) is 25.1. The molecule has 2 aliphatic heterocycles. The van der Waals surface area contributed by atoms with Gasteiger partial charge >= 0.3 is 6.03 Å². The van der Waals surface area contributed by atoms with Crippen molar-refractivity contribution >= 4 is 23.3 Å². The van der Waals surface area contributed by atoms with Crippen LogP contribution in [-0.4, -0.2) is 60.5 Å². The lowest BCUT2D eigenvalue weighted by molar-refractivity contribution is -0.119. The maximum absolute atomic E-state index is 12.5. The molecule has 1 aromatic rings. The molecule has 2 fully saturated rings. The molecular formula is C17H26N4O2S. The van der Waals surface area contributed by atoms with Crippen LogP contribution in [0.25, 0.3) is 0 Å². The molecule has 2 N–H and O–H groups in total. The Kier molecular flexibility index (Phi) is 5.10. The first-order valence-corrected chi connectivity index (χ1v) is 9.41. The third-order valence-corrected chi connectivity index (χ3v) is 5.49. The Bertz CT molecular complexity index is 589. The lowest BCUT2D eigenvalue weighted by atomic mass is 9.86. The van der Waals surface area contributed by atoms with E-state index in [1.165, 1.54) is 4.88 Å². The van der Waals surface area contributed by atoms with Crippen LogP contribution in [0.2, 0.25) is 0 Å². The summed E-state index contributed by atoms with van der Waals surface area (Å²) in [4.78, 5) is 29.9. The number of nitrogens with one attached hydrogen (secondary N) is 2. The summed E-state index contributed by atoms with van der Waals surface area (Å²) in [7, 11) is 0. The summed E-state index contributed by atoms with van der Waals surface area (Å²) in [6.45, 7) is 8.47. The molecule has 1 spiro atoms. The van der Waals surface area contributed by atoms with Gasteiger partial charge in [-0.15, -0.1) is 11.3 Å². The van der Waals surface area contributed by atoms with E-state index in [4.69, 9.17) is 0 Å². The molecule has 24 heavy (non-hydrogen) atoms. The minimum Gasteiger partial charge on any atom is -0.355 e. The van der Waals surface area contributed by atoms with Crippen LogP contribution >= 0.6 is 11.3 Å². The first-order chi connectivity index (χ1) is 11.5. The van der Waals surface area contributed by atoms with Crippen LogP contribution < -0.4 is 10.6 Å². The maximum atomic E-state index is 12.5.